The Hall–Kier alpha value is -4.00. The maximum Gasteiger partial charge on any atom is 0.205 e. The number of nitrogens with one attached hydrogen (secondary N) is 1. The molecule has 172 valence electrons. The molecule has 5 rings (SSSR count). The van der Waals surface area contributed by atoms with Crippen LogP contribution >= 0.6 is 0 Å². The van der Waals surface area contributed by atoms with E-state index in [2.05, 4.69) is 69.9 Å². The predicted molar refractivity (Wildman–Crippen MR) is 133 cm³/mol. The van der Waals surface area contributed by atoms with Gasteiger partial charge in [0.05, 0.1) is 12.2 Å². The number of hydrogen-bond donors (Lipinski definition) is 1. The van der Waals surface area contributed by atoms with Crippen LogP contribution in [0.4, 0.5) is 11.4 Å². The minimum absolute atomic E-state index is 0.459. The van der Waals surface area contributed by atoms with Crippen molar-refractivity contribution in [1.82, 2.24) is 25.2 Å². The Morgan fingerprint density at radius 2 is 2.00 bits per heavy atom. The molecule has 1 fully saturated rings. The second kappa shape index (κ2) is 9.87. The van der Waals surface area contributed by atoms with Crippen LogP contribution in [0.25, 0.3) is 11.4 Å². The van der Waals surface area contributed by atoms with Crippen molar-refractivity contribution in [3.8, 4) is 17.1 Å². The fourth-order valence-corrected chi connectivity index (χ4v) is 3.71. The van der Waals surface area contributed by atoms with Crippen LogP contribution in [0.2, 0.25) is 0 Å². The Kier molecular flexibility index (Phi) is 6.33. The lowest BCUT2D eigenvalue weighted by Crippen LogP contribution is -2.00. The summed E-state index contributed by atoms with van der Waals surface area (Å²) in [5, 5.41) is 16.5. The third kappa shape index (κ3) is 5.49. The zero-order valence-electron chi connectivity index (χ0n) is 19.5. The van der Waals surface area contributed by atoms with Crippen LogP contribution in [0.1, 0.15) is 43.9 Å². The molecule has 0 radical (unpaired) electrons. The summed E-state index contributed by atoms with van der Waals surface area (Å²) in [5.41, 5.74) is 6.45. The lowest BCUT2D eigenvalue weighted by atomic mass is 10.1. The van der Waals surface area contributed by atoms with Crippen molar-refractivity contribution in [1.29, 1.82) is 0 Å². The Morgan fingerprint density at radius 1 is 1.09 bits per heavy atom. The first-order chi connectivity index (χ1) is 16.6. The van der Waals surface area contributed by atoms with Crippen LogP contribution in [-0.4, -0.2) is 25.2 Å². The molecule has 1 N–H and O–H groups in total. The van der Waals surface area contributed by atoms with Gasteiger partial charge in [0.1, 0.15) is 12.4 Å². The zero-order valence-corrected chi connectivity index (χ0v) is 19.5. The molecule has 1 aliphatic rings. The molecule has 2 aromatic carbocycles. The lowest BCUT2D eigenvalue weighted by Gasteiger charge is -2.14. The van der Waals surface area contributed by atoms with E-state index in [1.54, 1.807) is 11.0 Å². The number of benzene rings is 2. The minimum atomic E-state index is 0.459. The average Bonchev–Trinajstić information content (AvgIpc) is 3.59. The summed E-state index contributed by atoms with van der Waals surface area (Å²) >= 11 is 0. The van der Waals surface area contributed by atoms with Gasteiger partial charge in [-0.1, -0.05) is 29.8 Å². The van der Waals surface area contributed by atoms with Crippen LogP contribution in [0.5, 0.6) is 5.75 Å². The molecule has 0 spiro atoms. The molecular weight excluding hydrogens is 424 g/mol. The van der Waals surface area contributed by atoms with Gasteiger partial charge in [-0.3, -0.25) is 4.98 Å². The molecule has 0 unspecified atom stereocenters. The number of ether oxygens (including phenoxy) is 1. The number of anilines is 2. The second-order valence-electron chi connectivity index (χ2n) is 8.79. The highest BCUT2D eigenvalue weighted by atomic mass is 16.5. The molecule has 0 saturated heterocycles. The van der Waals surface area contributed by atoms with Gasteiger partial charge in [0.25, 0.3) is 0 Å². The first-order valence-corrected chi connectivity index (χ1v) is 11.6. The third-order valence-electron chi connectivity index (χ3n) is 5.67. The lowest BCUT2D eigenvalue weighted by molar-refractivity contribution is 0.301. The summed E-state index contributed by atoms with van der Waals surface area (Å²) in [5.74, 6) is 2.05. The van der Waals surface area contributed by atoms with Gasteiger partial charge in [0.2, 0.25) is 5.82 Å². The van der Waals surface area contributed by atoms with Crippen LogP contribution in [0.15, 0.2) is 78.5 Å². The van der Waals surface area contributed by atoms with Gasteiger partial charge in [-0.2, -0.15) is 4.80 Å². The maximum atomic E-state index is 6.01. The molecule has 0 aliphatic heterocycles. The summed E-state index contributed by atoms with van der Waals surface area (Å²) < 4.78 is 6.01. The number of rotatable bonds is 9. The smallest absolute Gasteiger partial charge is 0.205 e. The minimum Gasteiger partial charge on any atom is -0.487 e. The SMILES string of the molecule is CC(C)=CCn1nnc(-c2cccc(Nc3ccc(OCc4ccccn4)cc3C3CC3)c2)n1. The first kappa shape index (κ1) is 21.8. The molecule has 7 nitrogen and oxygen atoms in total. The molecule has 1 saturated carbocycles. The highest BCUT2D eigenvalue weighted by Gasteiger charge is 2.27. The van der Waals surface area contributed by atoms with E-state index in [1.807, 2.05) is 36.4 Å². The van der Waals surface area contributed by atoms with E-state index in [1.165, 1.54) is 24.0 Å². The van der Waals surface area contributed by atoms with Gasteiger partial charge in [0.15, 0.2) is 0 Å². The van der Waals surface area contributed by atoms with E-state index in [9.17, 15) is 0 Å². The number of aromatic nitrogens is 5. The Bertz CT molecular complexity index is 1290. The number of nitrogens with zero attached hydrogens (tertiary/aromatic N) is 5. The van der Waals surface area contributed by atoms with E-state index < -0.39 is 0 Å². The van der Waals surface area contributed by atoms with Crippen LogP contribution in [-0.2, 0) is 13.2 Å². The van der Waals surface area contributed by atoms with Gasteiger partial charge in [-0.15, -0.1) is 10.2 Å². The third-order valence-corrected chi connectivity index (χ3v) is 5.67. The van der Waals surface area contributed by atoms with Crippen molar-refractivity contribution in [3.63, 3.8) is 0 Å². The molecular formula is C27H28N6O. The summed E-state index contributed by atoms with van der Waals surface area (Å²) in [4.78, 5) is 5.94. The van der Waals surface area contributed by atoms with Gasteiger partial charge >= 0.3 is 0 Å². The van der Waals surface area contributed by atoms with E-state index in [0.717, 1.165) is 28.4 Å². The molecule has 4 aromatic rings. The molecule has 1 aliphatic carbocycles. The summed E-state index contributed by atoms with van der Waals surface area (Å²) in [6.45, 7) is 5.19. The standard InChI is InChI=1S/C27H28N6O/c1-19(2)13-15-33-31-27(30-32-33)21-6-5-8-22(16-21)29-26-12-11-24(17-25(26)20-9-10-20)34-18-23-7-3-4-14-28-23/h3-8,11-14,16-17,20,29H,9-10,15,18H2,1-2H3. The first-order valence-electron chi connectivity index (χ1n) is 11.6. The topological polar surface area (TPSA) is 77.8 Å². The van der Waals surface area contributed by atoms with Gasteiger partial charge in [-0.05, 0) is 85.8 Å². The van der Waals surface area contributed by atoms with E-state index in [0.29, 0.717) is 24.9 Å². The van der Waals surface area contributed by atoms with E-state index >= 15 is 0 Å². The molecule has 0 bridgehead atoms. The molecule has 7 heteroatoms. The van der Waals surface area contributed by atoms with Crippen molar-refractivity contribution < 1.29 is 4.74 Å². The zero-order chi connectivity index (χ0) is 23.3. The Balaban J connectivity index is 1.31. The molecule has 2 aromatic heterocycles. The molecule has 34 heavy (non-hydrogen) atoms. The number of hydrogen-bond acceptors (Lipinski definition) is 6. The van der Waals surface area contributed by atoms with Gasteiger partial charge in [0, 0.05) is 23.1 Å². The summed E-state index contributed by atoms with van der Waals surface area (Å²) in [6.07, 6.45) is 6.27. The highest BCUT2D eigenvalue weighted by molar-refractivity contribution is 5.70. The fraction of sp³-hybridized carbons (Fsp3) is 0.259. The van der Waals surface area contributed by atoms with Crippen molar-refractivity contribution >= 4 is 11.4 Å². The summed E-state index contributed by atoms with van der Waals surface area (Å²) in [6, 6.07) is 20.3. The largest absolute Gasteiger partial charge is 0.487 e. The molecule has 0 atom stereocenters. The van der Waals surface area contributed by atoms with Gasteiger partial charge < -0.3 is 10.1 Å². The summed E-state index contributed by atoms with van der Waals surface area (Å²) in [7, 11) is 0. The monoisotopic (exact) mass is 452 g/mol. The highest BCUT2D eigenvalue weighted by Crippen LogP contribution is 2.45. The van der Waals surface area contributed by atoms with Crippen molar-refractivity contribution in [2.24, 2.45) is 0 Å². The Labute approximate surface area is 199 Å². The predicted octanol–water partition coefficient (Wildman–Crippen LogP) is 5.90. The Morgan fingerprint density at radius 3 is 2.79 bits per heavy atom. The van der Waals surface area contributed by atoms with Crippen molar-refractivity contribution in [2.75, 3.05) is 5.32 Å². The van der Waals surface area contributed by atoms with E-state index in [-0.39, 0.29) is 0 Å². The number of pyridine rings is 1. The average molecular weight is 453 g/mol. The maximum absolute atomic E-state index is 6.01. The van der Waals surface area contributed by atoms with Crippen LogP contribution in [0, 0.1) is 0 Å². The van der Waals surface area contributed by atoms with Crippen LogP contribution in [0.3, 0.4) is 0 Å². The fourth-order valence-electron chi connectivity index (χ4n) is 3.71. The number of tetrazole rings is 1. The number of allylic oxidation sites excluding steroid dienone is 2. The van der Waals surface area contributed by atoms with Crippen molar-refractivity contribution in [2.45, 2.75) is 45.8 Å². The molecule has 0 amide bonds. The van der Waals surface area contributed by atoms with Crippen molar-refractivity contribution in [3.05, 3.63) is 89.8 Å². The quantitative estimate of drug-likeness (QED) is 0.319. The normalized spacial score (nSPS) is 12.9. The van der Waals surface area contributed by atoms with E-state index in [4.69, 9.17) is 4.74 Å². The molecule has 2 heterocycles. The second-order valence-corrected chi connectivity index (χ2v) is 8.79. The van der Waals surface area contributed by atoms with Gasteiger partial charge in [-0.25, -0.2) is 0 Å². The van der Waals surface area contributed by atoms with Crippen LogP contribution < -0.4 is 10.1 Å².